The Bertz CT molecular complexity index is 373. The quantitative estimate of drug-likeness (QED) is 0.904. The lowest BCUT2D eigenvalue weighted by molar-refractivity contribution is 0.781. The van der Waals surface area contributed by atoms with E-state index < -0.39 is 0 Å². The molecule has 0 amide bonds. The molecular weight excluding hydrogens is 242 g/mol. The van der Waals surface area contributed by atoms with Gasteiger partial charge in [0, 0.05) is 31.1 Å². The Morgan fingerprint density at radius 3 is 3.00 bits per heavy atom. The van der Waals surface area contributed by atoms with Crippen molar-refractivity contribution in [3.8, 4) is 0 Å². The van der Waals surface area contributed by atoms with Gasteiger partial charge in [0.25, 0.3) is 0 Å². The largest absolute Gasteiger partial charge is 0.356 e. The number of hydrogen-bond acceptors (Lipinski definition) is 4. The summed E-state index contributed by atoms with van der Waals surface area (Å²) in [6.45, 7) is 5.37. The van der Waals surface area contributed by atoms with Crippen molar-refractivity contribution in [3.63, 3.8) is 0 Å². The molecule has 18 heavy (non-hydrogen) atoms. The maximum absolute atomic E-state index is 4.79. The normalized spacial score (nSPS) is 16.7. The molecule has 1 fully saturated rings. The zero-order valence-electron chi connectivity index (χ0n) is 11.4. The molecule has 0 aromatic carbocycles. The minimum Gasteiger partial charge on any atom is -0.356 e. The van der Waals surface area contributed by atoms with Gasteiger partial charge in [0.1, 0.15) is 5.82 Å². The highest BCUT2D eigenvalue weighted by atomic mass is 32.2. The molecule has 0 atom stereocenters. The van der Waals surface area contributed by atoms with Crippen LogP contribution < -0.4 is 10.2 Å². The third-order valence-electron chi connectivity index (χ3n) is 3.21. The van der Waals surface area contributed by atoms with Crippen molar-refractivity contribution in [2.24, 2.45) is 0 Å². The smallest absolute Gasteiger partial charge is 0.129 e. The number of rotatable bonds is 4. The highest BCUT2D eigenvalue weighted by molar-refractivity contribution is 7.99. The van der Waals surface area contributed by atoms with Crippen molar-refractivity contribution >= 4 is 17.6 Å². The second kappa shape index (κ2) is 7.00. The molecule has 1 N–H and O–H groups in total. The van der Waals surface area contributed by atoms with Gasteiger partial charge < -0.3 is 10.2 Å². The van der Waals surface area contributed by atoms with Crippen LogP contribution in [0.5, 0.6) is 0 Å². The van der Waals surface area contributed by atoms with Crippen molar-refractivity contribution in [2.75, 3.05) is 36.5 Å². The molecule has 1 aromatic heterocycles. The Morgan fingerprint density at radius 1 is 1.33 bits per heavy atom. The zero-order chi connectivity index (χ0) is 12.8. The number of aryl methyl sites for hydroxylation is 1. The van der Waals surface area contributed by atoms with Crippen molar-refractivity contribution in [2.45, 2.75) is 26.3 Å². The van der Waals surface area contributed by atoms with Gasteiger partial charge in [-0.2, -0.15) is 11.8 Å². The molecule has 1 aromatic rings. The lowest BCUT2D eigenvalue weighted by Crippen LogP contribution is -2.27. The summed E-state index contributed by atoms with van der Waals surface area (Å²) in [5.41, 5.74) is 2.55. The second-order valence-electron chi connectivity index (χ2n) is 4.66. The summed E-state index contributed by atoms with van der Waals surface area (Å²) in [6.07, 6.45) is 2.28. The summed E-state index contributed by atoms with van der Waals surface area (Å²) in [7, 11) is 1.99. The maximum atomic E-state index is 4.79. The van der Waals surface area contributed by atoms with Crippen molar-refractivity contribution in [1.29, 1.82) is 0 Å². The van der Waals surface area contributed by atoms with Gasteiger partial charge in [-0.3, -0.25) is 0 Å². The summed E-state index contributed by atoms with van der Waals surface area (Å²) >= 11 is 2.06. The fraction of sp³-hybridized carbons (Fsp3) is 0.643. The lowest BCUT2D eigenvalue weighted by atomic mass is 10.2. The van der Waals surface area contributed by atoms with Gasteiger partial charge in [-0.1, -0.05) is 6.92 Å². The van der Waals surface area contributed by atoms with E-state index in [4.69, 9.17) is 4.98 Å². The average Bonchev–Trinajstić information content (AvgIpc) is 2.67. The van der Waals surface area contributed by atoms with Crippen LogP contribution in [-0.2, 0) is 13.0 Å². The Balaban J connectivity index is 2.21. The van der Waals surface area contributed by atoms with Crippen LogP contribution >= 0.6 is 11.8 Å². The Labute approximate surface area is 114 Å². The van der Waals surface area contributed by atoms with E-state index in [0.717, 1.165) is 26.1 Å². The van der Waals surface area contributed by atoms with Crippen molar-refractivity contribution in [1.82, 2.24) is 10.3 Å². The molecule has 4 heteroatoms. The fourth-order valence-corrected chi connectivity index (χ4v) is 3.14. The number of thioether (sulfide) groups is 1. The molecule has 0 radical (unpaired) electrons. The Hall–Kier alpha value is -0.740. The molecule has 0 aliphatic carbocycles. The number of nitrogens with one attached hydrogen (secondary N) is 1. The third kappa shape index (κ3) is 3.62. The van der Waals surface area contributed by atoms with Gasteiger partial charge in [-0.15, -0.1) is 0 Å². The fourth-order valence-electron chi connectivity index (χ4n) is 2.26. The first-order chi connectivity index (χ1) is 8.83. The first-order valence-corrected chi connectivity index (χ1v) is 7.96. The number of pyridine rings is 1. The highest BCUT2D eigenvalue weighted by Crippen LogP contribution is 2.19. The number of hydrogen-bond donors (Lipinski definition) is 1. The van der Waals surface area contributed by atoms with Gasteiger partial charge in [0.2, 0.25) is 0 Å². The maximum Gasteiger partial charge on any atom is 0.129 e. The summed E-state index contributed by atoms with van der Waals surface area (Å²) in [4.78, 5) is 7.23. The van der Waals surface area contributed by atoms with E-state index in [2.05, 4.69) is 41.0 Å². The minimum absolute atomic E-state index is 0.922. The first kappa shape index (κ1) is 13.7. The second-order valence-corrected chi connectivity index (χ2v) is 5.89. The van der Waals surface area contributed by atoms with Gasteiger partial charge >= 0.3 is 0 Å². The van der Waals surface area contributed by atoms with Crippen molar-refractivity contribution < 1.29 is 0 Å². The van der Waals surface area contributed by atoms with Crippen LogP contribution in [0.15, 0.2) is 12.1 Å². The monoisotopic (exact) mass is 265 g/mol. The summed E-state index contributed by atoms with van der Waals surface area (Å²) < 4.78 is 0. The van der Waals surface area contributed by atoms with E-state index in [-0.39, 0.29) is 0 Å². The minimum atomic E-state index is 0.922. The van der Waals surface area contributed by atoms with Crippen LogP contribution in [0.3, 0.4) is 0 Å². The summed E-state index contributed by atoms with van der Waals surface area (Å²) in [5.74, 6) is 3.68. The molecule has 1 aliphatic rings. The predicted octanol–water partition coefficient (Wildman–Crippen LogP) is 2.31. The molecule has 0 bridgehead atoms. The van der Waals surface area contributed by atoms with E-state index in [1.165, 1.54) is 35.0 Å². The number of aromatic nitrogens is 1. The molecule has 0 saturated carbocycles. The number of nitrogens with zero attached hydrogens (tertiary/aromatic N) is 2. The SMILES string of the molecule is CCc1cc(CNC)cc(N2CCCSCC2)n1. The first-order valence-electron chi connectivity index (χ1n) is 6.80. The predicted molar refractivity (Wildman–Crippen MR) is 80.5 cm³/mol. The average molecular weight is 265 g/mol. The van der Waals surface area contributed by atoms with Crippen LogP contribution in [0.4, 0.5) is 5.82 Å². The molecule has 3 nitrogen and oxygen atoms in total. The highest BCUT2D eigenvalue weighted by Gasteiger charge is 2.12. The molecule has 1 aliphatic heterocycles. The zero-order valence-corrected chi connectivity index (χ0v) is 12.2. The molecule has 2 rings (SSSR count). The van der Waals surface area contributed by atoms with Gasteiger partial charge in [-0.05, 0) is 43.3 Å². The van der Waals surface area contributed by atoms with E-state index >= 15 is 0 Å². The lowest BCUT2D eigenvalue weighted by Gasteiger charge is -2.22. The molecule has 1 saturated heterocycles. The van der Waals surface area contributed by atoms with E-state index in [0.29, 0.717) is 0 Å². The van der Waals surface area contributed by atoms with E-state index in [9.17, 15) is 0 Å². The van der Waals surface area contributed by atoms with Crippen molar-refractivity contribution in [3.05, 3.63) is 23.4 Å². The van der Waals surface area contributed by atoms with Crippen LogP contribution in [0, 0.1) is 0 Å². The van der Waals surface area contributed by atoms with E-state index in [1.807, 2.05) is 7.05 Å². The van der Waals surface area contributed by atoms with Gasteiger partial charge in [0.05, 0.1) is 0 Å². The van der Waals surface area contributed by atoms with Crippen LogP contribution in [0.2, 0.25) is 0 Å². The standard InChI is InChI=1S/C14H23N3S/c1-3-13-9-12(11-15-2)10-14(16-13)17-5-4-7-18-8-6-17/h9-10,15H,3-8,11H2,1-2H3. The number of anilines is 1. The van der Waals surface area contributed by atoms with Gasteiger partial charge in [-0.25, -0.2) is 4.98 Å². The van der Waals surface area contributed by atoms with E-state index in [1.54, 1.807) is 0 Å². The van der Waals surface area contributed by atoms with Crippen LogP contribution in [0.25, 0.3) is 0 Å². The Morgan fingerprint density at radius 2 is 2.22 bits per heavy atom. The van der Waals surface area contributed by atoms with Crippen LogP contribution in [-0.4, -0.2) is 36.6 Å². The van der Waals surface area contributed by atoms with Crippen LogP contribution in [0.1, 0.15) is 24.6 Å². The third-order valence-corrected chi connectivity index (χ3v) is 4.26. The summed E-state index contributed by atoms with van der Waals surface area (Å²) in [6, 6.07) is 4.46. The molecular formula is C14H23N3S. The summed E-state index contributed by atoms with van der Waals surface area (Å²) in [5, 5.41) is 3.23. The molecule has 0 spiro atoms. The molecule has 100 valence electrons. The molecule has 2 heterocycles. The molecule has 0 unspecified atom stereocenters. The van der Waals surface area contributed by atoms with Gasteiger partial charge in [0.15, 0.2) is 0 Å². The topological polar surface area (TPSA) is 28.2 Å². The Kier molecular flexibility index (Phi) is 5.32.